The second-order valence-corrected chi connectivity index (χ2v) is 5.83. The number of hydrogen-bond donors (Lipinski definition) is 1. The van der Waals surface area contributed by atoms with Crippen molar-refractivity contribution in [3.63, 3.8) is 0 Å². The van der Waals surface area contributed by atoms with Crippen LogP contribution in [0.4, 0.5) is 0 Å². The SMILES string of the molecule is CCC(CN)(C1CC1)N1CCCCCC1C. The summed E-state index contributed by atoms with van der Waals surface area (Å²) < 4.78 is 0. The van der Waals surface area contributed by atoms with Crippen molar-refractivity contribution >= 4 is 0 Å². The molecule has 0 bridgehead atoms. The third-order valence-corrected chi connectivity index (χ3v) is 4.93. The third-order valence-electron chi connectivity index (χ3n) is 4.93. The molecule has 1 saturated carbocycles. The van der Waals surface area contributed by atoms with Crippen LogP contribution in [0.25, 0.3) is 0 Å². The van der Waals surface area contributed by atoms with E-state index in [-0.39, 0.29) is 0 Å². The summed E-state index contributed by atoms with van der Waals surface area (Å²) in [5.74, 6) is 0.892. The highest BCUT2D eigenvalue weighted by molar-refractivity contribution is 5.04. The van der Waals surface area contributed by atoms with E-state index in [2.05, 4.69) is 18.7 Å². The molecule has 0 amide bonds. The highest BCUT2D eigenvalue weighted by Crippen LogP contribution is 2.46. The third kappa shape index (κ3) is 2.14. The molecule has 2 rings (SSSR count). The second-order valence-electron chi connectivity index (χ2n) is 5.83. The fraction of sp³-hybridized carbons (Fsp3) is 1.00. The van der Waals surface area contributed by atoms with Gasteiger partial charge < -0.3 is 5.73 Å². The number of rotatable bonds is 4. The minimum atomic E-state index is 0.337. The Kier molecular flexibility index (Phi) is 3.91. The number of hydrogen-bond acceptors (Lipinski definition) is 2. The number of nitrogens with two attached hydrogens (primary N) is 1. The smallest absolute Gasteiger partial charge is 0.0360 e. The van der Waals surface area contributed by atoms with Crippen LogP contribution in [-0.4, -0.2) is 29.6 Å². The van der Waals surface area contributed by atoms with Crippen molar-refractivity contribution in [3.05, 3.63) is 0 Å². The first kappa shape index (κ1) is 12.4. The highest BCUT2D eigenvalue weighted by Gasteiger charge is 2.48. The van der Waals surface area contributed by atoms with Crippen LogP contribution in [0.15, 0.2) is 0 Å². The monoisotopic (exact) mass is 224 g/mol. The molecule has 1 heterocycles. The highest BCUT2D eigenvalue weighted by atomic mass is 15.2. The van der Waals surface area contributed by atoms with Gasteiger partial charge in [-0.05, 0) is 51.5 Å². The average molecular weight is 224 g/mol. The largest absolute Gasteiger partial charge is 0.329 e. The van der Waals surface area contributed by atoms with Crippen LogP contribution in [0.1, 0.15) is 58.8 Å². The molecular formula is C14H28N2. The molecule has 2 heteroatoms. The molecule has 2 fully saturated rings. The standard InChI is InChI=1S/C14H28N2/c1-3-14(11-15,13-8-9-13)16-10-6-4-5-7-12(16)2/h12-13H,3-11,15H2,1-2H3. The fourth-order valence-electron chi connectivity index (χ4n) is 3.71. The van der Waals surface area contributed by atoms with E-state index in [1.807, 2.05) is 0 Å². The van der Waals surface area contributed by atoms with Gasteiger partial charge in [-0.25, -0.2) is 0 Å². The fourth-order valence-corrected chi connectivity index (χ4v) is 3.71. The van der Waals surface area contributed by atoms with Crippen molar-refractivity contribution in [1.82, 2.24) is 4.90 Å². The van der Waals surface area contributed by atoms with Crippen molar-refractivity contribution in [2.24, 2.45) is 11.7 Å². The Morgan fingerprint density at radius 3 is 2.50 bits per heavy atom. The van der Waals surface area contributed by atoms with Crippen molar-refractivity contribution < 1.29 is 0 Å². The van der Waals surface area contributed by atoms with Gasteiger partial charge in [0.15, 0.2) is 0 Å². The Balaban J connectivity index is 2.16. The number of likely N-dealkylation sites (tertiary alicyclic amines) is 1. The topological polar surface area (TPSA) is 29.3 Å². The molecule has 2 N–H and O–H groups in total. The van der Waals surface area contributed by atoms with E-state index in [0.717, 1.165) is 18.5 Å². The molecule has 1 aliphatic carbocycles. The molecule has 2 aliphatic rings. The molecule has 2 nitrogen and oxygen atoms in total. The maximum Gasteiger partial charge on any atom is 0.0360 e. The van der Waals surface area contributed by atoms with Gasteiger partial charge >= 0.3 is 0 Å². The first-order valence-electron chi connectivity index (χ1n) is 7.21. The molecule has 1 saturated heterocycles. The first-order valence-corrected chi connectivity index (χ1v) is 7.21. The van der Waals surface area contributed by atoms with Gasteiger partial charge in [-0.15, -0.1) is 0 Å². The van der Waals surface area contributed by atoms with Crippen molar-refractivity contribution in [2.45, 2.75) is 70.4 Å². The Bertz CT molecular complexity index is 219. The normalized spacial score (nSPS) is 32.1. The van der Waals surface area contributed by atoms with Gasteiger partial charge in [0.05, 0.1) is 0 Å². The minimum Gasteiger partial charge on any atom is -0.329 e. The Labute approximate surface area is 101 Å². The zero-order chi connectivity index (χ0) is 11.6. The Morgan fingerprint density at radius 1 is 1.19 bits per heavy atom. The predicted octanol–water partition coefficient (Wildman–Crippen LogP) is 2.77. The minimum absolute atomic E-state index is 0.337. The van der Waals surface area contributed by atoms with Crippen LogP contribution >= 0.6 is 0 Å². The summed E-state index contributed by atoms with van der Waals surface area (Å²) in [6.07, 6.45) is 9.62. The molecule has 0 radical (unpaired) electrons. The van der Waals surface area contributed by atoms with Gasteiger partial charge in [0.25, 0.3) is 0 Å². The van der Waals surface area contributed by atoms with Crippen LogP contribution in [0.5, 0.6) is 0 Å². The summed E-state index contributed by atoms with van der Waals surface area (Å²) in [6, 6.07) is 0.742. The van der Waals surface area contributed by atoms with Crippen molar-refractivity contribution in [2.75, 3.05) is 13.1 Å². The molecule has 2 atom stereocenters. The molecule has 16 heavy (non-hydrogen) atoms. The van der Waals surface area contributed by atoms with Crippen LogP contribution in [0.2, 0.25) is 0 Å². The van der Waals surface area contributed by atoms with Gasteiger partial charge in [-0.2, -0.15) is 0 Å². The van der Waals surface area contributed by atoms with Crippen LogP contribution in [-0.2, 0) is 0 Å². The summed E-state index contributed by atoms with van der Waals surface area (Å²) in [7, 11) is 0. The number of nitrogens with zero attached hydrogens (tertiary/aromatic N) is 1. The van der Waals surface area contributed by atoms with Crippen molar-refractivity contribution in [1.29, 1.82) is 0 Å². The molecule has 1 aliphatic heterocycles. The molecular weight excluding hydrogens is 196 g/mol. The lowest BCUT2D eigenvalue weighted by Crippen LogP contribution is -2.58. The zero-order valence-corrected chi connectivity index (χ0v) is 11.0. The first-order chi connectivity index (χ1) is 7.74. The molecule has 0 aromatic heterocycles. The maximum absolute atomic E-state index is 6.16. The van der Waals surface area contributed by atoms with Crippen LogP contribution in [0, 0.1) is 5.92 Å². The Hall–Kier alpha value is -0.0800. The van der Waals surface area contributed by atoms with E-state index < -0.39 is 0 Å². The lowest BCUT2D eigenvalue weighted by Gasteiger charge is -2.46. The lowest BCUT2D eigenvalue weighted by atomic mass is 9.86. The predicted molar refractivity (Wildman–Crippen MR) is 69.4 cm³/mol. The summed E-state index contributed by atoms with van der Waals surface area (Å²) in [6.45, 7) is 6.89. The summed E-state index contributed by atoms with van der Waals surface area (Å²) in [4.78, 5) is 2.78. The van der Waals surface area contributed by atoms with E-state index >= 15 is 0 Å². The zero-order valence-electron chi connectivity index (χ0n) is 11.0. The van der Waals surface area contributed by atoms with Gasteiger partial charge in [-0.1, -0.05) is 19.8 Å². The quantitative estimate of drug-likeness (QED) is 0.795. The van der Waals surface area contributed by atoms with Gasteiger partial charge in [0, 0.05) is 18.1 Å². The maximum atomic E-state index is 6.16. The van der Waals surface area contributed by atoms with E-state index in [9.17, 15) is 0 Å². The Morgan fingerprint density at radius 2 is 1.94 bits per heavy atom. The van der Waals surface area contributed by atoms with Gasteiger partial charge in [-0.3, -0.25) is 4.90 Å². The summed E-state index contributed by atoms with van der Waals surface area (Å²) in [5, 5.41) is 0. The molecule has 0 spiro atoms. The second kappa shape index (κ2) is 5.05. The summed E-state index contributed by atoms with van der Waals surface area (Å²) in [5.41, 5.74) is 6.50. The summed E-state index contributed by atoms with van der Waals surface area (Å²) >= 11 is 0. The molecule has 2 unspecified atom stereocenters. The molecule has 0 aromatic rings. The van der Waals surface area contributed by atoms with E-state index in [1.165, 1.54) is 51.5 Å². The molecule has 94 valence electrons. The lowest BCUT2D eigenvalue weighted by molar-refractivity contribution is 0.0351. The van der Waals surface area contributed by atoms with Crippen LogP contribution in [0.3, 0.4) is 0 Å². The van der Waals surface area contributed by atoms with E-state index in [0.29, 0.717) is 5.54 Å². The van der Waals surface area contributed by atoms with E-state index in [1.54, 1.807) is 0 Å². The molecule has 0 aromatic carbocycles. The van der Waals surface area contributed by atoms with Crippen molar-refractivity contribution in [3.8, 4) is 0 Å². The van der Waals surface area contributed by atoms with Gasteiger partial charge in [0.2, 0.25) is 0 Å². The average Bonchev–Trinajstić information content (AvgIpc) is 3.11. The van der Waals surface area contributed by atoms with Crippen LogP contribution < -0.4 is 5.73 Å². The van der Waals surface area contributed by atoms with E-state index in [4.69, 9.17) is 5.73 Å². The van der Waals surface area contributed by atoms with Gasteiger partial charge in [0.1, 0.15) is 0 Å².